The SMILES string of the molecule is Cc1cc(CNCC(O)CN2CCCC2)nc(N2CCCCC2)n1. The highest BCUT2D eigenvalue weighted by Gasteiger charge is 2.16. The molecule has 2 N–H and O–H groups in total. The van der Waals surface area contributed by atoms with E-state index in [1.165, 1.54) is 32.1 Å². The first-order valence-electron chi connectivity index (χ1n) is 9.41. The van der Waals surface area contributed by atoms with Crippen LogP contribution >= 0.6 is 0 Å². The molecule has 2 aliphatic heterocycles. The molecule has 0 amide bonds. The largest absolute Gasteiger partial charge is 0.390 e. The number of nitrogens with one attached hydrogen (secondary N) is 1. The molecule has 6 nitrogen and oxygen atoms in total. The summed E-state index contributed by atoms with van der Waals surface area (Å²) in [6.07, 6.45) is 5.99. The summed E-state index contributed by atoms with van der Waals surface area (Å²) in [5.74, 6) is 0.865. The number of aromatic nitrogens is 2. The van der Waals surface area contributed by atoms with E-state index in [9.17, 15) is 5.11 Å². The summed E-state index contributed by atoms with van der Waals surface area (Å²) in [7, 11) is 0. The van der Waals surface area contributed by atoms with Gasteiger partial charge in [0.25, 0.3) is 0 Å². The number of β-amino-alcohol motifs (C(OH)–C–C–N with tert-alkyl or cyclic N) is 1. The number of anilines is 1. The number of aryl methyl sites for hydroxylation is 1. The standard InChI is InChI=1S/C18H31N5O/c1-15-11-16(21-18(20-15)23-9-3-2-4-10-23)12-19-13-17(24)14-22-7-5-6-8-22/h11,17,19,24H,2-10,12-14H2,1H3. The maximum atomic E-state index is 10.2. The van der Waals surface area contributed by atoms with E-state index in [1.807, 2.05) is 13.0 Å². The molecule has 1 aromatic heterocycles. The maximum Gasteiger partial charge on any atom is 0.225 e. The molecule has 3 rings (SSSR count). The van der Waals surface area contributed by atoms with Crippen molar-refractivity contribution in [1.82, 2.24) is 20.2 Å². The van der Waals surface area contributed by atoms with Crippen molar-refractivity contribution in [3.8, 4) is 0 Å². The molecule has 0 saturated carbocycles. The average molecular weight is 333 g/mol. The fourth-order valence-corrected chi connectivity index (χ4v) is 3.64. The van der Waals surface area contributed by atoms with Crippen LogP contribution in [-0.4, -0.2) is 65.3 Å². The second-order valence-corrected chi connectivity index (χ2v) is 7.14. The van der Waals surface area contributed by atoms with Crippen LogP contribution in [-0.2, 0) is 6.54 Å². The van der Waals surface area contributed by atoms with Crippen molar-refractivity contribution < 1.29 is 5.11 Å². The van der Waals surface area contributed by atoms with Gasteiger partial charge in [0.15, 0.2) is 0 Å². The number of nitrogens with zero attached hydrogens (tertiary/aromatic N) is 4. The molecule has 2 fully saturated rings. The normalized spacial score (nSPS) is 20.5. The van der Waals surface area contributed by atoms with Gasteiger partial charge in [-0.2, -0.15) is 0 Å². The summed E-state index contributed by atoms with van der Waals surface area (Å²) in [5, 5.41) is 13.5. The fourth-order valence-electron chi connectivity index (χ4n) is 3.64. The Morgan fingerprint density at radius 2 is 1.79 bits per heavy atom. The second-order valence-electron chi connectivity index (χ2n) is 7.14. The molecule has 0 aliphatic carbocycles. The van der Waals surface area contributed by atoms with Crippen LogP contribution in [0.25, 0.3) is 0 Å². The van der Waals surface area contributed by atoms with E-state index in [-0.39, 0.29) is 6.10 Å². The molecule has 0 bridgehead atoms. The Kier molecular flexibility index (Phi) is 6.40. The molecule has 2 saturated heterocycles. The van der Waals surface area contributed by atoms with E-state index >= 15 is 0 Å². The molecule has 1 atom stereocenters. The predicted molar refractivity (Wildman–Crippen MR) is 96.2 cm³/mol. The summed E-state index contributed by atoms with van der Waals surface area (Å²) in [6, 6.07) is 2.04. The quantitative estimate of drug-likeness (QED) is 0.785. The first kappa shape index (κ1) is 17.6. The number of hydrogen-bond donors (Lipinski definition) is 2. The summed E-state index contributed by atoms with van der Waals surface area (Å²) in [4.78, 5) is 14.0. The minimum absolute atomic E-state index is 0.312. The zero-order chi connectivity index (χ0) is 16.8. The monoisotopic (exact) mass is 333 g/mol. The minimum atomic E-state index is -0.312. The van der Waals surface area contributed by atoms with Crippen LogP contribution in [0.4, 0.5) is 5.95 Å². The Labute approximate surface area is 145 Å². The van der Waals surface area contributed by atoms with Gasteiger partial charge in [-0.05, 0) is 58.2 Å². The van der Waals surface area contributed by atoms with Gasteiger partial charge in [0.2, 0.25) is 5.95 Å². The lowest BCUT2D eigenvalue weighted by atomic mass is 10.1. The highest BCUT2D eigenvalue weighted by atomic mass is 16.3. The van der Waals surface area contributed by atoms with E-state index in [0.29, 0.717) is 13.1 Å². The molecule has 134 valence electrons. The van der Waals surface area contributed by atoms with Crippen molar-refractivity contribution in [2.45, 2.75) is 51.7 Å². The van der Waals surface area contributed by atoms with Crippen molar-refractivity contribution in [2.75, 3.05) is 44.2 Å². The molecule has 0 spiro atoms. The van der Waals surface area contributed by atoms with Gasteiger partial charge in [0.05, 0.1) is 11.8 Å². The average Bonchev–Trinajstić information content (AvgIpc) is 3.08. The summed E-state index contributed by atoms with van der Waals surface area (Å²) in [5.41, 5.74) is 2.02. The Balaban J connectivity index is 1.48. The maximum absolute atomic E-state index is 10.2. The van der Waals surface area contributed by atoms with Crippen LogP contribution in [0.1, 0.15) is 43.5 Å². The van der Waals surface area contributed by atoms with Crippen molar-refractivity contribution in [3.05, 3.63) is 17.5 Å². The molecule has 2 aliphatic rings. The van der Waals surface area contributed by atoms with Crippen LogP contribution < -0.4 is 10.2 Å². The van der Waals surface area contributed by atoms with E-state index in [4.69, 9.17) is 4.98 Å². The highest BCUT2D eigenvalue weighted by Crippen LogP contribution is 2.16. The van der Waals surface area contributed by atoms with E-state index in [0.717, 1.165) is 50.1 Å². The molecule has 6 heteroatoms. The topological polar surface area (TPSA) is 64.5 Å². The van der Waals surface area contributed by atoms with Gasteiger partial charge in [-0.15, -0.1) is 0 Å². The van der Waals surface area contributed by atoms with Crippen LogP contribution in [0.5, 0.6) is 0 Å². The number of piperidine rings is 1. The number of aliphatic hydroxyl groups is 1. The molecule has 1 aromatic rings. The Morgan fingerprint density at radius 1 is 1.08 bits per heavy atom. The van der Waals surface area contributed by atoms with Crippen LogP contribution in [0.3, 0.4) is 0 Å². The summed E-state index contributed by atoms with van der Waals surface area (Å²) >= 11 is 0. The smallest absolute Gasteiger partial charge is 0.225 e. The fraction of sp³-hybridized carbons (Fsp3) is 0.778. The Hall–Kier alpha value is -1.24. The van der Waals surface area contributed by atoms with Gasteiger partial charge >= 0.3 is 0 Å². The van der Waals surface area contributed by atoms with E-state index in [1.54, 1.807) is 0 Å². The zero-order valence-electron chi connectivity index (χ0n) is 14.9. The van der Waals surface area contributed by atoms with Gasteiger partial charge < -0.3 is 20.2 Å². The number of rotatable bonds is 7. The van der Waals surface area contributed by atoms with Gasteiger partial charge in [0.1, 0.15) is 0 Å². The van der Waals surface area contributed by atoms with Crippen LogP contribution in [0.2, 0.25) is 0 Å². The van der Waals surface area contributed by atoms with Crippen molar-refractivity contribution in [1.29, 1.82) is 0 Å². The second kappa shape index (κ2) is 8.74. The van der Waals surface area contributed by atoms with Crippen molar-refractivity contribution >= 4 is 5.95 Å². The number of hydrogen-bond acceptors (Lipinski definition) is 6. The lowest BCUT2D eigenvalue weighted by molar-refractivity contribution is 0.123. The molecule has 24 heavy (non-hydrogen) atoms. The third kappa shape index (κ3) is 5.13. The summed E-state index contributed by atoms with van der Waals surface area (Å²) < 4.78 is 0. The Bertz CT molecular complexity index is 512. The molecule has 0 radical (unpaired) electrons. The first-order chi connectivity index (χ1) is 11.7. The lowest BCUT2D eigenvalue weighted by Gasteiger charge is -2.27. The molecule has 3 heterocycles. The third-order valence-electron chi connectivity index (χ3n) is 4.89. The Morgan fingerprint density at radius 3 is 2.54 bits per heavy atom. The molecule has 0 aromatic carbocycles. The van der Waals surface area contributed by atoms with E-state index in [2.05, 4.69) is 20.1 Å². The van der Waals surface area contributed by atoms with Gasteiger partial charge in [-0.3, -0.25) is 0 Å². The summed E-state index contributed by atoms with van der Waals surface area (Å²) in [6.45, 7) is 8.47. The van der Waals surface area contributed by atoms with E-state index < -0.39 is 0 Å². The third-order valence-corrected chi connectivity index (χ3v) is 4.89. The van der Waals surface area contributed by atoms with Gasteiger partial charge in [-0.1, -0.05) is 0 Å². The van der Waals surface area contributed by atoms with Crippen LogP contribution in [0, 0.1) is 6.92 Å². The predicted octanol–water partition coefficient (Wildman–Crippen LogP) is 1.32. The first-order valence-corrected chi connectivity index (χ1v) is 9.41. The molecular weight excluding hydrogens is 302 g/mol. The van der Waals surface area contributed by atoms with Crippen molar-refractivity contribution in [3.63, 3.8) is 0 Å². The van der Waals surface area contributed by atoms with Gasteiger partial charge in [0, 0.05) is 38.4 Å². The van der Waals surface area contributed by atoms with Crippen LogP contribution in [0.15, 0.2) is 6.07 Å². The lowest BCUT2D eigenvalue weighted by Crippen LogP contribution is -2.37. The number of likely N-dealkylation sites (tertiary alicyclic amines) is 1. The molecule has 1 unspecified atom stereocenters. The zero-order valence-corrected chi connectivity index (χ0v) is 14.9. The number of aliphatic hydroxyl groups excluding tert-OH is 1. The van der Waals surface area contributed by atoms with Crippen molar-refractivity contribution in [2.24, 2.45) is 0 Å². The molecular formula is C18H31N5O. The van der Waals surface area contributed by atoms with Gasteiger partial charge in [-0.25, -0.2) is 9.97 Å². The minimum Gasteiger partial charge on any atom is -0.390 e. The highest BCUT2D eigenvalue weighted by molar-refractivity contribution is 5.32.